The van der Waals surface area contributed by atoms with Crippen molar-refractivity contribution in [3.63, 3.8) is 0 Å². The van der Waals surface area contributed by atoms with Crippen molar-refractivity contribution in [2.24, 2.45) is 10.9 Å². The fourth-order valence-electron chi connectivity index (χ4n) is 1.05. The quantitative estimate of drug-likeness (QED) is 0.724. The van der Waals surface area contributed by atoms with Gasteiger partial charge in [0.15, 0.2) is 0 Å². The van der Waals surface area contributed by atoms with Crippen molar-refractivity contribution in [1.82, 2.24) is 0 Å². The second kappa shape index (κ2) is 3.87. The molecule has 0 radical (unpaired) electrons. The third-order valence-corrected chi connectivity index (χ3v) is 2.69. The lowest BCUT2D eigenvalue weighted by atomic mass is 10.2. The summed E-state index contributed by atoms with van der Waals surface area (Å²) in [5.41, 5.74) is 5.06. The number of ether oxygens (including phenoxy) is 1. The predicted octanol–water partition coefficient (Wildman–Crippen LogP) is -0.558. The fourth-order valence-corrected chi connectivity index (χ4v) is 1.78. The Morgan fingerprint density at radius 1 is 1.40 bits per heavy atom. The molecule has 4 N–H and O–H groups in total. The van der Waals surface area contributed by atoms with Gasteiger partial charge in [0, 0.05) is 5.56 Å². The van der Waals surface area contributed by atoms with E-state index in [-0.39, 0.29) is 16.2 Å². The van der Waals surface area contributed by atoms with E-state index < -0.39 is 15.9 Å². The number of primary sulfonamides is 1. The second-order valence-electron chi connectivity index (χ2n) is 2.77. The molecule has 0 heterocycles. The van der Waals surface area contributed by atoms with Crippen molar-refractivity contribution in [1.29, 1.82) is 0 Å². The van der Waals surface area contributed by atoms with Crippen molar-refractivity contribution in [2.45, 2.75) is 4.90 Å². The normalized spacial score (nSPS) is 11.1. The number of carbonyl (C=O) groups excluding carboxylic acids is 1. The molecular formula is C8H10N2O4S. The van der Waals surface area contributed by atoms with E-state index in [0.717, 1.165) is 6.07 Å². The zero-order valence-corrected chi connectivity index (χ0v) is 8.74. The Labute approximate surface area is 86.9 Å². The van der Waals surface area contributed by atoms with Crippen LogP contribution in [-0.2, 0) is 10.0 Å². The van der Waals surface area contributed by atoms with E-state index in [2.05, 4.69) is 0 Å². The summed E-state index contributed by atoms with van der Waals surface area (Å²) in [6, 6.07) is 3.76. The van der Waals surface area contributed by atoms with Crippen LogP contribution < -0.4 is 15.6 Å². The van der Waals surface area contributed by atoms with Gasteiger partial charge < -0.3 is 10.5 Å². The molecule has 0 fully saturated rings. The number of carbonyl (C=O) groups is 1. The number of benzene rings is 1. The summed E-state index contributed by atoms with van der Waals surface area (Å²) in [7, 11) is -2.63. The molecule has 7 heteroatoms. The molecule has 6 nitrogen and oxygen atoms in total. The highest BCUT2D eigenvalue weighted by Crippen LogP contribution is 2.23. The SMILES string of the molecule is COc1ccc(C(N)=O)cc1S(N)(=O)=O. The molecule has 0 saturated carbocycles. The highest BCUT2D eigenvalue weighted by molar-refractivity contribution is 7.89. The van der Waals surface area contributed by atoms with Crippen molar-refractivity contribution in [3.05, 3.63) is 23.8 Å². The van der Waals surface area contributed by atoms with E-state index in [4.69, 9.17) is 15.6 Å². The summed E-state index contributed by atoms with van der Waals surface area (Å²) in [5, 5.41) is 4.94. The fraction of sp³-hybridized carbons (Fsp3) is 0.125. The average molecular weight is 230 g/mol. The largest absolute Gasteiger partial charge is 0.495 e. The molecule has 0 spiro atoms. The predicted molar refractivity (Wildman–Crippen MR) is 52.9 cm³/mol. The Hall–Kier alpha value is -1.60. The summed E-state index contributed by atoms with van der Waals surface area (Å²) < 4.78 is 27.1. The molecule has 0 saturated heterocycles. The van der Waals surface area contributed by atoms with E-state index >= 15 is 0 Å². The van der Waals surface area contributed by atoms with Crippen LogP contribution in [0.5, 0.6) is 5.75 Å². The molecule has 1 aromatic carbocycles. The minimum Gasteiger partial charge on any atom is -0.495 e. The van der Waals surface area contributed by atoms with Gasteiger partial charge in [-0.25, -0.2) is 13.6 Å². The monoisotopic (exact) mass is 230 g/mol. The second-order valence-corrected chi connectivity index (χ2v) is 4.30. The number of primary amides is 1. The number of hydrogen-bond donors (Lipinski definition) is 2. The molecule has 15 heavy (non-hydrogen) atoms. The molecule has 0 aromatic heterocycles. The number of sulfonamides is 1. The Morgan fingerprint density at radius 3 is 2.40 bits per heavy atom. The highest BCUT2D eigenvalue weighted by Gasteiger charge is 2.16. The van der Waals surface area contributed by atoms with Crippen LogP contribution >= 0.6 is 0 Å². The van der Waals surface area contributed by atoms with Gasteiger partial charge in [0.25, 0.3) is 0 Å². The Kier molecular flexibility index (Phi) is 2.96. The van der Waals surface area contributed by atoms with Crippen LogP contribution in [-0.4, -0.2) is 21.4 Å². The Bertz CT molecular complexity index is 495. The zero-order chi connectivity index (χ0) is 11.6. The zero-order valence-electron chi connectivity index (χ0n) is 7.93. The minimum absolute atomic E-state index is 0.0554. The smallest absolute Gasteiger partial charge is 0.248 e. The van der Waals surface area contributed by atoms with Crippen LogP contribution in [0.3, 0.4) is 0 Å². The Balaban J connectivity index is 3.46. The maximum absolute atomic E-state index is 11.1. The van der Waals surface area contributed by atoms with Gasteiger partial charge in [-0.1, -0.05) is 0 Å². The van der Waals surface area contributed by atoms with Gasteiger partial charge in [-0.3, -0.25) is 4.79 Å². The molecule has 1 rings (SSSR count). The van der Waals surface area contributed by atoms with Gasteiger partial charge >= 0.3 is 0 Å². The lowest BCUT2D eigenvalue weighted by Gasteiger charge is -2.07. The maximum atomic E-state index is 11.1. The van der Waals surface area contributed by atoms with Crippen molar-refractivity contribution in [3.8, 4) is 5.75 Å². The molecule has 1 amide bonds. The number of amides is 1. The van der Waals surface area contributed by atoms with Gasteiger partial charge in [-0.05, 0) is 18.2 Å². The van der Waals surface area contributed by atoms with Crippen molar-refractivity contribution < 1.29 is 17.9 Å². The lowest BCUT2D eigenvalue weighted by Crippen LogP contribution is -2.16. The van der Waals surface area contributed by atoms with Gasteiger partial charge in [-0.2, -0.15) is 0 Å². The third-order valence-electron chi connectivity index (χ3n) is 1.75. The summed E-state index contributed by atoms with van der Waals surface area (Å²) >= 11 is 0. The molecule has 82 valence electrons. The number of rotatable bonds is 3. The van der Waals surface area contributed by atoms with Crippen molar-refractivity contribution >= 4 is 15.9 Å². The number of nitrogens with two attached hydrogens (primary N) is 2. The molecule has 0 aliphatic heterocycles. The lowest BCUT2D eigenvalue weighted by molar-refractivity contribution is 0.1000. The van der Waals surface area contributed by atoms with E-state index in [9.17, 15) is 13.2 Å². The van der Waals surface area contributed by atoms with Gasteiger partial charge in [0.2, 0.25) is 15.9 Å². The van der Waals surface area contributed by atoms with Crippen LogP contribution in [0.2, 0.25) is 0 Å². The molecule has 0 aliphatic carbocycles. The van der Waals surface area contributed by atoms with Gasteiger partial charge in [0.1, 0.15) is 10.6 Å². The van der Waals surface area contributed by atoms with Gasteiger partial charge in [0.05, 0.1) is 7.11 Å². The van der Waals surface area contributed by atoms with Crippen LogP contribution in [0.1, 0.15) is 10.4 Å². The topological polar surface area (TPSA) is 112 Å². The molecule has 0 atom stereocenters. The molecule has 0 aliphatic rings. The summed E-state index contributed by atoms with van der Waals surface area (Å²) in [5.74, 6) is -0.662. The first-order chi connectivity index (χ1) is 6.86. The molecule has 0 bridgehead atoms. The van der Waals surface area contributed by atoms with E-state index in [0.29, 0.717) is 0 Å². The first-order valence-electron chi connectivity index (χ1n) is 3.87. The first-order valence-corrected chi connectivity index (χ1v) is 5.41. The summed E-state index contributed by atoms with van der Waals surface area (Å²) in [6.07, 6.45) is 0. The van der Waals surface area contributed by atoms with Crippen LogP contribution in [0.25, 0.3) is 0 Å². The van der Waals surface area contributed by atoms with Crippen LogP contribution in [0.4, 0.5) is 0 Å². The van der Waals surface area contributed by atoms with E-state index in [1.165, 1.54) is 19.2 Å². The molecule has 0 unspecified atom stereocenters. The summed E-state index contributed by atoms with van der Waals surface area (Å²) in [4.78, 5) is 10.6. The maximum Gasteiger partial charge on any atom is 0.248 e. The number of methoxy groups -OCH3 is 1. The molecular weight excluding hydrogens is 220 g/mol. The standard InChI is InChI=1S/C8H10N2O4S/c1-14-6-3-2-5(8(9)11)4-7(6)15(10,12)13/h2-4H,1H3,(H2,9,11)(H2,10,12,13). The van der Waals surface area contributed by atoms with Gasteiger partial charge in [-0.15, -0.1) is 0 Å². The first kappa shape index (κ1) is 11.5. The van der Waals surface area contributed by atoms with Crippen molar-refractivity contribution in [2.75, 3.05) is 7.11 Å². The summed E-state index contributed by atoms with van der Waals surface area (Å²) in [6.45, 7) is 0. The van der Waals surface area contributed by atoms with Crippen LogP contribution in [0, 0.1) is 0 Å². The van der Waals surface area contributed by atoms with E-state index in [1.807, 2.05) is 0 Å². The Morgan fingerprint density at radius 2 is 2.00 bits per heavy atom. The molecule has 1 aromatic rings. The third kappa shape index (κ3) is 2.45. The van der Waals surface area contributed by atoms with Crippen LogP contribution in [0.15, 0.2) is 23.1 Å². The number of hydrogen-bond acceptors (Lipinski definition) is 4. The highest BCUT2D eigenvalue weighted by atomic mass is 32.2. The van der Waals surface area contributed by atoms with E-state index in [1.54, 1.807) is 0 Å². The average Bonchev–Trinajstić information content (AvgIpc) is 2.15. The minimum atomic E-state index is -3.93.